The lowest BCUT2D eigenvalue weighted by Gasteiger charge is -2.21. The third kappa shape index (κ3) is 3.02. The number of benzene rings is 1. The van der Waals surface area contributed by atoms with E-state index >= 15 is 0 Å². The number of hydrogen-bond acceptors (Lipinski definition) is 5. The fourth-order valence-corrected chi connectivity index (χ4v) is 3.04. The van der Waals surface area contributed by atoms with E-state index in [4.69, 9.17) is 16.3 Å². The Kier molecular flexibility index (Phi) is 4.23. The standard InChI is InChI=1S/C15H17ClN4O3/c1-23-12-4-2-3-11(16)10(12)7-14(21)20-6-5-15(22,9-20)13-8-17-19-18-13/h2-4,8,22H,5-7,9H2,1H3,(H,17,18,19). The van der Waals surface area contributed by atoms with Crippen LogP contribution < -0.4 is 4.74 Å². The van der Waals surface area contributed by atoms with E-state index < -0.39 is 5.60 Å². The van der Waals surface area contributed by atoms with Crippen LogP contribution in [-0.2, 0) is 16.8 Å². The van der Waals surface area contributed by atoms with Crippen LogP contribution >= 0.6 is 11.6 Å². The number of H-pyrrole nitrogens is 1. The summed E-state index contributed by atoms with van der Waals surface area (Å²) >= 11 is 6.17. The molecule has 1 unspecified atom stereocenters. The first-order valence-electron chi connectivity index (χ1n) is 7.21. The molecule has 122 valence electrons. The average Bonchev–Trinajstić information content (AvgIpc) is 3.19. The van der Waals surface area contributed by atoms with Crippen LogP contribution in [-0.4, -0.2) is 51.5 Å². The number of ether oxygens (including phenoxy) is 1. The normalized spacial score (nSPS) is 20.7. The Labute approximate surface area is 138 Å². The van der Waals surface area contributed by atoms with E-state index in [9.17, 15) is 9.90 Å². The maximum atomic E-state index is 12.5. The predicted molar refractivity (Wildman–Crippen MR) is 83.2 cm³/mol. The molecule has 7 nitrogen and oxygen atoms in total. The van der Waals surface area contributed by atoms with Gasteiger partial charge < -0.3 is 14.7 Å². The second-order valence-corrected chi connectivity index (χ2v) is 5.96. The minimum atomic E-state index is -1.16. The van der Waals surface area contributed by atoms with Crippen molar-refractivity contribution in [3.63, 3.8) is 0 Å². The Morgan fingerprint density at radius 3 is 3.09 bits per heavy atom. The van der Waals surface area contributed by atoms with Gasteiger partial charge in [-0.1, -0.05) is 17.7 Å². The number of aromatic amines is 1. The van der Waals surface area contributed by atoms with Crippen molar-refractivity contribution in [3.8, 4) is 5.75 Å². The summed E-state index contributed by atoms with van der Waals surface area (Å²) in [5, 5.41) is 21.2. The van der Waals surface area contributed by atoms with Gasteiger partial charge >= 0.3 is 0 Å². The highest BCUT2D eigenvalue weighted by atomic mass is 35.5. The van der Waals surface area contributed by atoms with Gasteiger partial charge in [0.05, 0.1) is 26.3 Å². The zero-order valence-electron chi connectivity index (χ0n) is 12.6. The molecule has 2 N–H and O–H groups in total. The molecule has 3 rings (SSSR count). The van der Waals surface area contributed by atoms with Gasteiger partial charge in [-0.25, -0.2) is 0 Å². The van der Waals surface area contributed by atoms with Gasteiger partial charge in [0.1, 0.15) is 17.0 Å². The molecule has 1 aromatic carbocycles. The van der Waals surface area contributed by atoms with Crippen molar-refractivity contribution in [2.45, 2.75) is 18.4 Å². The van der Waals surface area contributed by atoms with Crippen LogP contribution in [0.5, 0.6) is 5.75 Å². The first-order chi connectivity index (χ1) is 11.0. The molecule has 1 atom stereocenters. The lowest BCUT2D eigenvalue weighted by atomic mass is 10.00. The van der Waals surface area contributed by atoms with Crippen LogP contribution in [0.3, 0.4) is 0 Å². The molecule has 8 heteroatoms. The molecule has 0 spiro atoms. The third-order valence-corrected chi connectivity index (χ3v) is 4.47. The molecule has 1 fully saturated rings. The molecule has 0 saturated carbocycles. The summed E-state index contributed by atoms with van der Waals surface area (Å²) in [5.74, 6) is 0.465. The number of hydrogen-bond donors (Lipinski definition) is 2. The van der Waals surface area contributed by atoms with E-state index in [-0.39, 0.29) is 18.9 Å². The van der Waals surface area contributed by atoms with Gasteiger partial charge in [0.25, 0.3) is 0 Å². The summed E-state index contributed by atoms with van der Waals surface area (Å²) in [6, 6.07) is 5.26. The molecular weight excluding hydrogens is 320 g/mol. The summed E-state index contributed by atoms with van der Waals surface area (Å²) in [7, 11) is 1.54. The van der Waals surface area contributed by atoms with Gasteiger partial charge in [0.2, 0.25) is 5.91 Å². The molecule has 1 saturated heterocycles. The number of aliphatic hydroxyl groups is 1. The van der Waals surface area contributed by atoms with E-state index in [1.54, 1.807) is 30.2 Å². The van der Waals surface area contributed by atoms with E-state index in [0.29, 0.717) is 35.0 Å². The van der Waals surface area contributed by atoms with Crippen molar-refractivity contribution < 1.29 is 14.6 Å². The van der Waals surface area contributed by atoms with E-state index in [0.717, 1.165) is 0 Å². The third-order valence-electron chi connectivity index (χ3n) is 4.12. The zero-order valence-corrected chi connectivity index (χ0v) is 13.4. The predicted octanol–water partition coefficient (Wildman–Crippen LogP) is 1.13. The number of likely N-dealkylation sites (tertiary alicyclic amines) is 1. The van der Waals surface area contributed by atoms with Gasteiger partial charge in [-0.05, 0) is 12.1 Å². The number of nitrogens with zero attached hydrogens (tertiary/aromatic N) is 3. The minimum absolute atomic E-state index is 0.115. The minimum Gasteiger partial charge on any atom is -0.496 e. The van der Waals surface area contributed by atoms with Gasteiger partial charge in [-0.2, -0.15) is 15.4 Å². The highest BCUT2D eigenvalue weighted by molar-refractivity contribution is 6.31. The summed E-state index contributed by atoms with van der Waals surface area (Å²) in [4.78, 5) is 14.2. The summed E-state index contributed by atoms with van der Waals surface area (Å²) in [5.41, 5.74) is -0.0607. The Morgan fingerprint density at radius 2 is 2.39 bits per heavy atom. The molecule has 1 amide bonds. The van der Waals surface area contributed by atoms with Crippen LogP contribution in [0, 0.1) is 0 Å². The van der Waals surface area contributed by atoms with Crippen molar-refractivity contribution in [3.05, 3.63) is 40.7 Å². The number of aromatic nitrogens is 3. The van der Waals surface area contributed by atoms with E-state index in [1.807, 2.05) is 0 Å². The molecule has 0 radical (unpaired) electrons. The number of carbonyl (C=O) groups excluding carboxylic acids is 1. The molecule has 0 aliphatic carbocycles. The largest absolute Gasteiger partial charge is 0.496 e. The first kappa shape index (κ1) is 15.8. The zero-order chi connectivity index (χ0) is 16.4. The van der Waals surface area contributed by atoms with Gasteiger partial charge in [0.15, 0.2) is 0 Å². The van der Waals surface area contributed by atoms with Crippen LogP contribution in [0.15, 0.2) is 24.4 Å². The van der Waals surface area contributed by atoms with Crippen molar-refractivity contribution in [1.29, 1.82) is 0 Å². The van der Waals surface area contributed by atoms with Gasteiger partial charge in [-0.3, -0.25) is 4.79 Å². The first-order valence-corrected chi connectivity index (χ1v) is 7.59. The Hall–Kier alpha value is -2.12. The lowest BCUT2D eigenvalue weighted by molar-refractivity contribution is -0.130. The molecule has 23 heavy (non-hydrogen) atoms. The molecule has 2 aromatic rings. The van der Waals surface area contributed by atoms with Crippen molar-refractivity contribution >= 4 is 17.5 Å². The SMILES string of the molecule is COc1cccc(Cl)c1CC(=O)N1CCC(O)(c2cn[nH]n2)C1. The molecular formula is C15H17ClN4O3. The van der Waals surface area contributed by atoms with Gasteiger partial charge in [-0.15, -0.1) is 0 Å². The maximum absolute atomic E-state index is 12.5. The number of rotatable bonds is 4. The molecule has 0 bridgehead atoms. The second-order valence-electron chi connectivity index (χ2n) is 5.55. The van der Waals surface area contributed by atoms with Crippen molar-refractivity contribution in [2.24, 2.45) is 0 Å². The molecule has 1 aliphatic heterocycles. The molecule has 1 aromatic heterocycles. The highest BCUT2D eigenvalue weighted by Crippen LogP contribution is 2.32. The average molecular weight is 337 g/mol. The van der Waals surface area contributed by atoms with Crippen molar-refractivity contribution in [2.75, 3.05) is 20.2 Å². The summed E-state index contributed by atoms with van der Waals surface area (Å²) in [6.45, 7) is 0.639. The van der Waals surface area contributed by atoms with Crippen LogP contribution in [0.25, 0.3) is 0 Å². The van der Waals surface area contributed by atoms with Crippen molar-refractivity contribution in [1.82, 2.24) is 20.3 Å². The van der Waals surface area contributed by atoms with E-state index in [2.05, 4.69) is 15.4 Å². The Balaban J connectivity index is 1.73. The number of halogens is 1. The fourth-order valence-electron chi connectivity index (χ4n) is 2.81. The smallest absolute Gasteiger partial charge is 0.227 e. The fraction of sp³-hybridized carbons (Fsp3) is 0.400. The number of amides is 1. The number of nitrogens with one attached hydrogen (secondary N) is 1. The van der Waals surface area contributed by atoms with Crippen LogP contribution in [0.1, 0.15) is 17.7 Å². The lowest BCUT2D eigenvalue weighted by Crippen LogP contribution is -2.35. The topological polar surface area (TPSA) is 91.3 Å². The van der Waals surface area contributed by atoms with Crippen LogP contribution in [0.4, 0.5) is 0 Å². The van der Waals surface area contributed by atoms with E-state index in [1.165, 1.54) is 6.20 Å². The molecule has 1 aliphatic rings. The number of carbonyl (C=O) groups is 1. The summed E-state index contributed by atoms with van der Waals surface area (Å²) in [6.07, 6.45) is 2.02. The number of methoxy groups -OCH3 is 1. The molecule has 2 heterocycles. The van der Waals surface area contributed by atoms with Crippen LogP contribution in [0.2, 0.25) is 5.02 Å². The Morgan fingerprint density at radius 1 is 1.57 bits per heavy atom. The quantitative estimate of drug-likeness (QED) is 0.873. The maximum Gasteiger partial charge on any atom is 0.227 e. The summed E-state index contributed by atoms with van der Waals surface area (Å²) < 4.78 is 5.26. The highest BCUT2D eigenvalue weighted by Gasteiger charge is 2.41. The van der Waals surface area contributed by atoms with Gasteiger partial charge in [0, 0.05) is 23.6 Å². The number of β-amino-alcohol motifs (C(OH)–C–C–N with tert-alkyl or cyclic N) is 1. The monoisotopic (exact) mass is 336 g/mol. The second kappa shape index (κ2) is 6.17. The Bertz CT molecular complexity index is 707.